The van der Waals surface area contributed by atoms with E-state index < -0.39 is 0 Å². The normalized spacial score (nSPS) is 10.8. The number of rotatable bonds is 10. The van der Waals surface area contributed by atoms with Gasteiger partial charge in [0.2, 0.25) is 0 Å². The molecule has 0 bridgehead atoms. The van der Waals surface area contributed by atoms with Crippen LogP contribution in [0.5, 0.6) is 0 Å². The largest absolute Gasteiger partial charge is 0.385 e. The Balaban J connectivity index is 2.42. The van der Waals surface area contributed by atoms with E-state index in [0.29, 0.717) is 6.54 Å². The Hall–Kier alpha value is -1.40. The van der Waals surface area contributed by atoms with Crippen molar-refractivity contribution >= 4 is 5.69 Å². The number of nitrogens with zero attached hydrogens (tertiary/aromatic N) is 3. The lowest BCUT2D eigenvalue weighted by Crippen LogP contribution is -2.30. The number of hydrogen-bond donors (Lipinski definition) is 1. The summed E-state index contributed by atoms with van der Waals surface area (Å²) in [7, 11) is 3.67. The molecule has 0 aromatic carbocycles. The molecule has 0 unspecified atom stereocenters. The highest BCUT2D eigenvalue weighted by Crippen LogP contribution is 2.06. The molecule has 0 spiro atoms. The minimum Gasteiger partial charge on any atom is -0.385 e. The fourth-order valence-corrected chi connectivity index (χ4v) is 1.92. The second-order valence-corrected chi connectivity index (χ2v) is 4.79. The lowest BCUT2D eigenvalue weighted by molar-refractivity contribution is 0.194. The van der Waals surface area contributed by atoms with E-state index in [4.69, 9.17) is 4.74 Å². The fraction of sp³-hybridized carbons (Fsp3) is 0.714. The number of aromatic nitrogens is 2. The summed E-state index contributed by atoms with van der Waals surface area (Å²) in [6.45, 7) is 6.00. The molecule has 0 atom stereocenters. The topological polar surface area (TPSA) is 59.4 Å². The zero-order chi connectivity index (χ0) is 14.8. The molecule has 0 aliphatic rings. The summed E-state index contributed by atoms with van der Waals surface area (Å²) >= 11 is 0. The van der Waals surface area contributed by atoms with Gasteiger partial charge in [0.1, 0.15) is 0 Å². The number of ether oxygens (including phenoxy) is 1. The number of nitrogens with one attached hydrogen (secondary N) is 1. The van der Waals surface area contributed by atoms with E-state index in [1.165, 1.54) is 4.68 Å². The monoisotopic (exact) mass is 282 g/mol. The van der Waals surface area contributed by atoms with Crippen LogP contribution in [0.3, 0.4) is 0 Å². The van der Waals surface area contributed by atoms with Crippen LogP contribution in [0.25, 0.3) is 0 Å². The Morgan fingerprint density at radius 2 is 2.25 bits per heavy atom. The molecule has 1 heterocycles. The van der Waals surface area contributed by atoms with Crippen molar-refractivity contribution in [1.29, 1.82) is 0 Å². The van der Waals surface area contributed by atoms with Crippen molar-refractivity contribution in [3.8, 4) is 0 Å². The number of methoxy groups -OCH3 is 1. The van der Waals surface area contributed by atoms with Crippen LogP contribution in [0.15, 0.2) is 17.1 Å². The van der Waals surface area contributed by atoms with Gasteiger partial charge in [-0.1, -0.05) is 6.92 Å². The molecule has 114 valence electrons. The van der Waals surface area contributed by atoms with E-state index in [0.717, 1.165) is 44.8 Å². The maximum Gasteiger partial charge on any atom is 0.268 e. The Labute approximate surface area is 120 Å². The Bertz CT molecular complexity index is 433. The van der Waals surface area contributed by atoms with Crippen LogP contribution in [0.2, 0.25) is 0 Å². The van der Waals surface area contributed by atoms with E-state index in [-0.39, 0.29) is 5.56 Å². The standard InChI is InChI=1S/C14H26N4O2/c1-4-8-17(2)13-11-14(19)18(16-12-13)9-7-15-6-5-10-20-3/h11-12,15H,4-10H2,1-3H3. The average molecular weight is 282 g/mol. The molecule has 1 aromatic rings. The molecule has 1 N–H and O–H groups in total. The molecule has 0 saturated carbocycles. The molecule has 0 radical (unpaired) electrons. The smallest absolute Gasteiger partial charge is 0.268 e. The van der Waals surface area contributed by atoms with E-state index in [1.807, 2.05) is 11.9 Å². The van der Waals surface area contributed by atoms with E-state index in [9.17, 15) is 4.79 Å². The second-order valence-electron chi connectivity index (χ2n) is 4.79. The molecule has 6 nitrogen and oxygen atoms in total. The van der Waals surface area contributed by atoms with Crippen LogP contribution in [0.1, 0.15) is 19.8 Å². The van der Waals surface area contributed by atoms with Gasteiger partial charge in [-0.3, -0.25) is 4.79 Å². The first kappa shape index (κ1) is 16.7. The second kappa shape index (κ2) is 9.50. The summed E-state index contributed by atoms with van der Waals surface area (Å²) in [5.41, 5.74) is 0.824. The van der Waals surface area contributed by atoms with E-state index in [1.54, 1.807) is 19.4 Å². The summed E-state index contributed by atoms with van der Waals surface area (Å²) in [5, 5.41) is 7.48. The molecule has 1 rings (SSSR count). The van der Waals surface area contributed by atoms with Crippen molar-refractivity contribution in [2.75, 3.05) is 45.3 Å². The van der Waals surface area contributed by atoms with Crippen LogP contribution in [0, 0.1) is 0 Å². The minimum atomic E-state index is -0.0517. The van der Waals surface area contributed by atoms with Crippen LogP contribution in [-0.2, 0) is 11.3 Å². The lowest BCUT2D eigenvalue weighted by Gasteiger charge is -2.17. The molecule has 20 heavy (non-hydrogen) atoms. The van der Waals surface area contributed by atoms with Gasteiger partial charge in [-0.2, -0.15) is 5.10 Å². The molecule has 6 heteroatoms. The van der Waals surface area contributed by atoms with Crippen molar-refractivity contribution in [2.24, 2.45) is 0 Å². The number of hydrogen-bond acceptors (Lipinski definition) is 5. The average Bonchev–Trinajstić information content (AvgIpc) is 2.44. The van der Waals surface area contributed by atoms with Gasteiger partial charge in [-0.05, 0) is 19.4 Å². The van der Waals surface area contributed by atoms with Gasteiger partial charge in [0.05, 0.1) is 18.4 Å². The summed E-state index contributed by atoms with van der Waals surface area (Å²) in [6, 6.07) is 1.65. The summed E-state index contributed by atoms with van der Waals surface area (Å²) in [5.74, 6) is 0. The van der Waals surface area contributed by atoms with Gasteiger partial charge in [-0.25, -0.2) is 4.68 Å². The quantitative estimate of drug-likeness (QED) is 0.641. The van der Waals surface area contributed by atoms with Crippen molar-refractivity contribution in [3.63, 3.8) is 0 Å². The van der Waals surface area contributed by atoms with Gasteiger partial charge in [0, 0.05) is 39.9 Å². The van der Waals surface area contributed by atoms with Crippen LogP contribution in [-0.4, -0.2) is 50.2 Å². The molecule has 0 aliphatic heterocycles. The Kier molecular flexibility index (Phi) is 7.91. The highest BCUT2D eigenvalue weighted by molar-refractivity contribution is 5.41. The maximum absolute atomic E-state index is 11.9. The number of anilines is 1. The zero-order valence-electron chi connectivity index (χ0n) is 12.8. The van der Waals surface area contributed by atoms with Crippen LogP contribution in [0.4, 0.5) is 5.69 Å². The first-order valence-corrected chi connectivity index (χ1v) is 7.17. The van der Waals surface area contributed by atoms with E-state index >= 15 is 0 Å². The maximum atomic E-state index is 11.9. The SMILES string of the molecule is CCCN(C)c1cnn(CCNCCCOC)c(=O)c1. The Morgan fingerprint density at radius 3 is 2.90 bits per heavy atom. The van der Waals surface area contributed by atoms with E-state index in [2.05, 4.69) is 17.3 Å². The third kappa shape index (κ3) is 5.71. The predicted molar refractivity (Wildman–Crippen MR) is 81.4 cm³/mol. The summed E-state index contributed by atoms with van der Waals surface area (Å²) < 4.78 is 6.46. The molecule has 0 fully saturated rings. The third-order valence-corrected chi connectivity index (χ3v) is 3.06. The van der Waals surface area contributed by atoms with Crippen molar-refractivity contribution in [1.82, 2.24) is 15.1 Å². The zero-order valence-corrected chi connectivity index (χ0v) is 12.8. The van der Waals surface area contributed by atoms with Gasteiger partial charge in [0.15, 0.2) is 0 Å². The first-order chi connectivity index (χ1) is 9.69. The van der Waals surface area contributed by atoms with Crippen LogP contribution >= 0.6 is 0 Å². The van der Waals surface area contributed by atoms with Gasteiger partial charge >= 0.3 is 0 Å². The van der Waals surface area contributed by atoms with Crippen LogP contribution < -0.4 is 15.8 Å². The van der Waals surface area contributed by atoms with Gasteiger partial charge in [0.25, 0.3) is 5.56 Å². The first-order valence-electron chi connectivity index (χ1n) is 7.17. The lowest BCUT2D eigenvalue weighted by atomic mass is 10.3. The summed E-state index contributed by atoms with van der Waals surface area (Å²) in [6.07, 6.45) is 3.77. The van der Waals surface area contributed by atoms with Crippen molar-refractivity contribution < 1.29 is 4.74 Å². The van der Waals surface area contributed by atoms with Gasteiger partial charge < -0.3 is 15.0 Å². The minimum absolute atomic E-state index is 0.0517. The van der Waals surface area contributed by atoms with Crippen molar-refractivity contribution in [2.45, 2.75) is 26.3 Å². The van der Waals surface area contributed by atoms with Gasteiger partial charge in [-0.15, -0.1) is 0 Å². The Morgan fingerprint density at radius 1 is 1.45 bits per heavy atom. The molecule has 1 aromatic heterocycles. The molecule has 0 saturated heterocycles. The highest BCUT2D eigenvalue weighted by Gasteiger charge is 2.03. The molecular formula is C14H26N4O2. The molecular weight excluding hydrogens is 256 g/mol. The summed E-state index contributed by atoms with van der Waals surface area (Å²) in [4.78, 5) is 14.0. The predicted octanol–water partition coefficient (Wildman–Crippen LogP) is 0.716. The highest BCUT2D eigenvalue weighted by atomic mass is 16.5. The van der Waals surface area contributed by atoms with Crippen molar-refractivity contribution in [3.05, 3.63) is 22.6 Å². The fourth-order valence-electron chi connectivity index (χ4n) is 1.92. The molecule has 0 aliphatic carbocycles. The molecule has 0 amide bonds. The third-order valence-electron chi connectivity index (χ3n) is 3.06.